The minimum Gasteiger partial charge on any atom is -0.726 e. The van der Waals surface area contributed by atoms with E-state index < -0.39 is 20.8 Å². The molecule has 300 valence electrons. The van der Waals surface area contributed by atoms with Gasteiger partial charge in [-0.25, -0.2) is 16.8 Å². The Balaban J connectivity index is -0.000000886. The molecule has 0 radical (unpaired) electrons. The first-order chi connectivity index (χ1) is 24.0. The average Bonchev–Trinajstić information content (AvgIpc) is 3.06. The predicted molar refractivity (Wildman–Crippen MR) is 214 cm³/mol. The van der Waals surface area contributed by atoms with Crippen LogP contribution in [-0.4, -0.2) is 76.9 Å². The van der Waals surface area contributed by atoms with E-state index in [1.807, 2.05) is 12.2 Å². The summed E-state index contributed by atoms with van der Waals surface area (Å²) in [7, 11) is -9.19. The molecule has 0 spiro atoms. The smallest absolute Gasteiger partial charge is 0.726 e. The fraction of sp³-hybridized carbons (Fsp3) is 0.900. The first kappa shape index (κ1) is 55.8. The standard InChI is InChI=1S/2C20H40O4S.Ca/c2*1-3-5-7-9-11-13-15-17-20(19-24-25(21,22)23)18-16-14-12-10-8-6-4-2;/h2*15,17,20H,3-14,16,18-19H2,1-2H3,(H,21,22,23);/q;;+2/p-2/b2*17-15+;. The summed E-state index contributed by atoms with van der Waals surface area (Å²) >= 11 is 0. The first-order valence-corrected chi connectivity index (χ1v) is 23.2. The molecule has 0 aliphatic heterocycles. The Bertz CT molecular complexity index is 893. The molecule has 0 heterocycles. The summed E-state index contributed by atoms with van der Waals surface area (Å²) in [6, 6.07) is 0. The Morgan fingerprint density at radius 1 is 0.431 bits per heavy atom. The molecule has 11 heteroatoms. The van der Waals surface area contributed by atoms with Gasteiger partial charge in [0.05, 0.1) is 13.2 Å². The molecule has 0 aliphatic carbocycles. The quantitative estimate of drug-likeness (QED) is 0.0201. The number of hydrogen-bond acceptors (Lipinski definition) is 8. The molecular weight excluding hydrogens is 713 g/mol. The van der Waals surface area contributed by atoms with Crippen LogP contribution in [0.25, 0.3) is 0 Å². The van der Waals surface area contributed by atoms with Gasteiger partial charge in [-0.3, -0.25) is 8.37 Å². The first-order valence-electron chi connectivity index (χ1n) is 20.5. The van der Waals surface area contributed by atoms with Gasteiger partial charge in [-0.2, -0.15) is 0 Å². The maximum absolute atomic E-state index is 10.7. The molecule has 2 atom stereocenters. The summed E-state index contributed by atoms with van der Waals surface area (Å²) < 4.78 is 73.1. The van der Waals surface area contributed by atoms with Crippen molar-refractivity contribution in [3.63, 3.8) is 0 Å². The minimum absolute atomic E-state index is 0. The van der Waals surface area contributed by atoms with E-state index in [1.165, 1.54) is 128 Å². The molecule has 0 N–H and O–H groups in total. The van der Waals surface area contributed by atoms with Gasteiger partial charge in [0, 0.05) is 11.8 Å². The third-order valence-electron chi connectivity index (χ3n) is 8.98. The van der Waals surface area contributed by atoms with Crippen LogP contribution in [0, 0.1) is 11.8 Å². The van der Waals surface area contributed by atoms with Crippen LogP contribution in [0.4, 0.5) is 0 Å². The van der Waals surface area contributed by atoms with Crippen molar-refractivity contribution < 1.29 is 34.3 Å². The van der Waals surface area contributed by atoms with E-state index in [0.29, 0.717) is 0 Å². The van der Waals surface area contributed by atoms with Crippen LogP contribution in [0.1, 0.15) is 207 Å². The Labute approximate surface area is 347 Å². The van der Waals surface area contributed by atoms with Gasteiger partial charge in [-0.05, 0) is 38.5 Å². The largest absolute Gasteiger partial charge is 2.00 e. The van der Waals surface area contributed by atoms with Crippen LogP contribution < -0.4 is 0 Å². The monoisotopic (exact) mass is 790 g/mol. The van der Waals surface area contributed by atoms with E-state index in [4.69, 9.17) is 0 Å². The average molecular weight is 791 g/mol. The minimum atomic E-state index is -4.59. The van der Waals surface area contributed by atoms with Gasteiger partial charge >= 0.3 is 37.7 Å². The molecule has 0 fully saturated rings. The zero-order valence-corrected chi connectivity index (χ0v) is 37.3. The topological polar surface area (TPSA) is 133 Å². The predicted octanol–water partition coefficient (Wildman–Crippen LogP) is 11.9. The van der Waals surface area contributed by atoms with Crippen molar-refractivity contribution in [1.82, 2.24) is 0 Å². The van der Waals surface area contributed by atoms with Gasteiger partial charge in [-0.15, -0.1) is 0 Å². The van der Waals surface area contributed by atoms with Gasteiger partial charge in [0.25, 0.3) is 0 Å². The fourth-order valence-electron chi connectivity index (χ4n) is 5.85. The zero-order valence-electron chi connectivity index (χ0n) is 33.5. The number of rotatable bonds is 36. The van der Waals surface area contributed by atoms with Crippen LogP contribution in [0.5, 0.6) is 0 Å². The fourth-order valence-corrected chi connectivity index (χ4v) is 6.53. The summed E-state index contributed by atoms with van der Waals surface area (Å²) in [5.74, 6) is 0.0463. The maximum atomic E-state index is 10.7. The van der Waals surface area contributed by atoms with Crippen molar-refractivity contribution in [2.24, 2.45) is 11.8 Å². The molecule has 0 aliphatic rings. The molecule has 0 aromatic heterocycles. The van der Waals surface area contributed by atoms with Gasteiger partial charge in [0.1, 0.15) is 0 Å². The van der Waals surface area contributed by atoms with Crippen LogP contribution in [0.2, 0.25) is 0 Å². The Kier molecular flexibility index (Phi) is 45.6. The number of allylic oxidation sites excluding steroid dienone is 2. The van der Waals surface area contributed by atoms with E-state index in [-0.39, 0.29) is 62.8 Å². The van der Waals surface area contributed by atoms with Crippen LogP contribution in [0.15, 0.2) is 24.3 Å². The van der Waals surface area contributed by atoms with E-state index >= 15 is 0 Å². The molecule has 0 saturated carbocycles. The van der Waals surface area contributed by atoms with E-state index in [1.54, 1.807) is 0 Å². The van der Waals surface area contributed by atoms with Gasteiger partial charge in [-0.1, -0.05) is 193 Å². The summed E-state index contributed by atoms with van der Waals surface area (Å²) in [4.78, 5) is 0. The summed E-state index contributed by atoms with van der Waals surface area (Å²) in [5.41, 5.74) is 0. The van der Waals surface area contributed by atoms with Gasteiger partial charge < -0.3 is 9.11 Å². The number of unbranched alkanes of at least 4 members (excludes halogenated alkanes) is 22. The molecule has 0 bridgehead atoms. The Morgan fingerprint density at radius 3 is 0.961 bits per heavy atom. The van der Waals surface area contributed by atoms with Gasteiger partial charge in [0.2, 0.25) is 20.8 Å². The second-order valence-electron chi connectivity index (χ2n) is 14.0. The summed E-state index contributed by atoms with van der Waals surface area (Å²) in [6.45, 7) is 8.80. The van der Waals surface area contributed by atoms with Crippen LogP contribution >= 0.6 is 0 Å². The van der Waals surface area contributed by atoms with Crippen LogP contribution in [0.3, 0.4) is 0 Å². The van der Waals surface area contributed by atoms with Crippen LogP contribution in [-0.2, 0) is 29.2 Å². The molecular formula is C40H78CaO8S2. The Hall–Kier alpha value is 0.480. The molecule has 0 saturated heterocycles. The number of hydrogen-bond donors (Lipinski definition) is 0. The van der Waals surface area contributed by atoms with Crippen molar-refractivity contribution in [1.29, 1.82) is 0 Å². The van der Waals surface area contributed by atoms with Crippen molar-refractivity contribution in [2.75, 3.05) is 13.2 Å². The zero-order chi connectivity index (χ0) is 37.6. The van der Waals surface area contributed by atoms with Crippen molar-refractivity contribution in [3.05, 3.63) is 24.3 Å². The van der Waals surface area contributed by atoms with Gasteiger partial charge in [0.15, 0.2) is 0 Å². The van der Waals surface area contributed by atoms with Crippen molar-refractivity contribution >= 4 is 58.5 Å². The van der Waals surface area contributed by atoms with E-state index in [9.17, 15) is 25.9 Å². The van der Waals surface area contributed by atoms with Crippen molar-refractivity contribution in [2.45, 2.75) is 207 Å². The molecule has 0 aromatic carbocycles. The normalized spacial score (nSPS) is 13.3. The summed E-state index contributed by atoms with van der Waals surface area (Å²) in [6.07, 6.45) is 41.8. The van der Waals surface area contributed by atoms with E-state index in [0.717, 1.165) is 51.4 Å². The molecule has 0 amide bonds. The molecule has 2 unspecified atom stereocenters. The second kappa shape index (κ2) is 41.6. The molecule has 8 nitrogen and oxygen atoms in total. The third-order valence-corrected chi connectivity index (χ3v) is 9.82. The maximum Gasteiger partial charge on any atom is 2.00 e. The molecule has 51 heavy (non-hydrogen) atoms. The summed E-state index contributed by atoms with van der Waals surface area (Å²) in [5, 5.41) is 0. The Morgan fingerprint density at radius 2 is 0.686 bits per heavy atom. The van der Waals surface area contributed by atoms with Crippen molar-refractivity contribution in [3.8, 4) is 0 Å². The van der Waals surface area contributed by atoms with E-state index in [2.05, 4.69) is 48.2 Å². The third kappa shape index (κ3) is 50.5. The molecule has 0 rings (SSSR count). The SMILES string of the molecule is CCCCCCC/C=C/C(CCCCCCCCC)COS(=O)(=O)[O-].CCCCCCC/C=C/C(CCCCCCCCC)COS(=O)(=O)[O-].[Ca+2]. The molecule has 0 aromatic rings. The second-order valence-corrected chi connectivity index (χ2v) is 16.1.